The molecule has 6 nitrogen and oxygen atoms in total. The molecule has 0 saturated carbocycles. The molecule has 7 heteroatoms. The third-order valence-electron chi connectivity index (χ3n) is 5.03. The topological polar surface area (TPSA) is 75.6 Å². The molecule has 0 aliphatic heterocycles. The number of aryl methyl sites for hydroxylation is 1. The SMILES string of the molecule is Cc1[nH]c2ccc(F)cc2c1CC(=O)Nc1cc(C(C)(C)C)nn1-c1ccccn1. The van der Waals surface area contributed by atoms with Crippen LogP contribution in [0.2, 0.25) is 0 Å². The zero-order chi connectivity index (χ0) is 21.5. The molecule has 3 aromatic heterocycles. The van der Waals surface area contributed by atoms with Gasteiger partial charge in [-0.05, 0) is 42.8 Å². The lowest BCUT2D eigenvalue weighted by Gasteiger charge is -2.13. The van der Waals surface area contributed by atoms with Crippen LogP contribution in [0.4, 0.5) is 10.2 Å². The van der Waals surface area contributed by atoms with E-state index in [2.05, 4.69) is 41.2 Å². The lowest BCUT2D eigenvalue weighted by Crippen LogP contribution is -2.17. The summed E-state index contributed by atoms with van der Waals surface area (Å²) in [4.78, 5) is 20.5. The van der Waals surface area contributed by atoms with E-state index in [0.717, 1.165) is 27.9 Å². The van der Waals surface area contributed by atoms with Crippen LogP contribution >= 0.6 is 0 Å². The standard InChI is InChI=1S/C23H24FN5O/c1-14-16(17-11-15(24)8-9-18(17)26-14)12-22(30)27-21-13-19(23(2,3)4)28-29(21)20-7-5-6-10-25-20/h5-11,13,26H,12H2,1-4H3,(H,27,30). The van der Waals surface area contributed by atoms with Crippen LogP contribution in [0.15, 0.2) is 48.7 Å². The molecule has 30 heavy (non-hydrogen) atoms. The Balaban J connectivity index is 1.66. The largest absolute Gasteiger partial charge is 0.358 e. The van der Waals surface area contributed by atoms with Crippen molar-refractivity contribution in [2.75, 3.05) is 5.32 Å². The first-order valence-electron chi connectivity index (χ1n) is 9.81. The number of hydrogen-bond donors (Lipinski definition) is 2. The molecule has 0 aliphatic rings. The molecule has 3 heterocycles. The van der Waals surface area contributed by atoms with Crippen LogP contribution in [0.5, 0.6) is 0 Å². The lowest BCUT2D eigenvalue weighted by atomic mass is 9.92. The summed E-state index contributed by atoms with van der Waals surface area (Å²) < 4.78 is 15.4. The van der Waals surface area contributed by atoms with Crippen molar-refractivity contribution in [3.8, 4) is 5.82 Å². The molecule has 4 rings (SSSR count). The van der Waals surface area contributed by atoms with Gasteiger partial charge in [0.25, 0.3) is 0 Å². The number of nitrogens with one attached hydrogen (secondary N) is 2. The van der Waals surface area contributed by atoms with Gasteiger partial charge in [-0.15, -0.1) is 0 Å². The van der Waals surface area contributed by atoms with Gasteiger partial charge in [0.05, 0.1) is 12.1 Å². The molecule has 0 spiro atoms. The Morgan fingerprint density at radius 3 is 2.70 bits per heavy atom. The number of anilines is 1. The van der Waals surface area contributed by atoms with Crippen molar-refractivity contribution in [3.05, 3.63) is 71.4 Å². The van der Waals surface area contributed by atoms with Crippen LogP contribution in [-0.4, -0.2) is 25.7 Å². The molecular weight excluding hydrogens is 381 g/mol. The van der Waals surface area contributed by atoms with Crippen molar-refractivity contribution >= 4 is 22.6 Å². The Morgan fingerprint density at radius 1 is 1.20 bits per heavy atom. The van der Waals surface area contributed by atoms with Gasteiger partial charge in [-0.2, -0.15) is 9.78 Å². The minimum absolute atomic E-state index is 0.119. The summed E-state index contributed by atoms with van der Waals surface area (Å²) in [6.45, 7) is 8.07. The summed E-state index contributed by atoms with van der Waals surface area (Å²) in [5, 5.41) is 8.34. The highest BCUT2D eigenvalue weighted by Gasteiger charge is 2.22. The maximum atomic E-state index is 13.7. The molecule has 1 aromatic carbocycles. The predicted molar refractivity (Wildman–Crippen MR) is 115 cm³/mol. The number of fused-ring (bicyclic) bond motifs is 1. The first-order chi connectivity index (χ1) is 14.2. The number of carbonyl (C=O) groups is 1. The maximum absolute atomic E-state index is 13.7. The van der Waals surface area contributed by atoms with Crippen LogP contribution < -0.4 is 5.32 Å². The molecule has 0 radical (unpaired) electrons. The molecule has 1 amide bonds. The van der Waals surface area contributed by atoms with Crippen LogP contribution in [-0.2, 0) is 16.6 Å². The second-order valence-corrected chi connectivity index (χ2v) is 8.41. The highest BCUT2D eigenvalue weighted by molar-refractivity contribution is 5.96. The van der Waals surface area contributed by atoms with E-state index in [1.165, 1.54) is 12.1 Å². The van der Waals surface area contributed by atoms with E-state index in [0.29, 0.717) is 11.6 Å². The van der Waals surface area contributed by atoms with Gasteiger partial charge in [-0.3, -0.25) is 4.79 Å². The maximum Gasteiger partial charge on any atom is 0.230 e. The first kappa shape index (κ1) is 19.8. The molecule has 154 valence electrons. The average Bonchev–Trinajstić information content (AvgIpc) is 3.24. The Morgan fingerprint density at radius 2 is 2.00 bits per heavy atom. The quantitative estimate of drug-likeness (QED) is 0.518. The fourth-order valence-electron chi connectivity index (χ4n) is 3.42. The van der Waals surface area contributed by atoms with Gasteiger partial charge in [-0.25, -0.2) is 9.37 Å². The fourth-order valence-corrected chi connectivity index (χ4v) is 3.42. The zero-order valence-electron chi connectivity index (χ0n) is 17.5. The van der Waals surface area contributed by atoms with Crippen LogP contribution in [0.3, 0.4) is 0 Å². The summed E-state index contributed by atoms with van der Waals surface area (Å²) in [5.74, 6) is 0.632. The van der Waals surface area contributed by atoms with E-state index in [4.69, 9.17) is 0 Å². The first-order valence-corrected chi connectivity index (χ1v) is 9.81. The number of halogens is 1. The van der Waals surface area contributed by atoms with Crippen molar-refractivity contribution in [2.24, 2.45) is 0 Å². The van der Waals surface area contributed by atoms with E-state index >= 15 is 0 Å². The molecule has 0 saturated heterocycles. The number of nitrogens with zero attached hydrogens (tertiary/aromatic N) is 3. The zero-order valence-corrected chi connectivity index (χ0v) is 17.5. The number of amides is 1. The molecule has 0 bridgehead atoms. The molecule has 4 aromatic rings. The highest BCUT2D eigenvalue weighted by atomic mass is 19.1. The normalized spacial score (nSPS) is 11.8. The van der Waals surface area contributed by atoms with Gasteiger partial charge in [0, 0.05) is 34.3 Å². The highest BCUT2D eigenvalue weighted by Crippen LogP contribution is 2.27. The van der Waals surface area contributed by atoms with Gasteiger partial charge < -0.3 is 10.3 Å². The molecule has 0 fully saturated rings. The third-order valence-corrected chi connectivity index (χ3v) is 5.03. The monoisotopic (exact) mass is 405 g/mol. The number of pyridine rings is 1. The summed E-state index contributed by atoms with van der Waals surface area (Å²) in [7, 11) is 0. The number of aromatic nitrogens is 4. The number of hydrogen-bond acceptors (Lipinski definition) is 3. The van der Waals surface area contributed by atoms with E-state index in [9.17, 15) is 9.18 Å². The number of benzene rings is 1. The van der Waals surface area contributed by atoms with Gasteiger partial charge >= 0.3 is 0 Å². The number of H-pyrrole nitrogens is 1. The number of carbonyl (C=O) groups excluding carboxylic acids is 1. The fraction of sp³-hybridized carbons (Fsp3) is 0.261. The van der Waals surface area contributed by atoms with E-state index in [1.807, 2.05) is 31.2 Å². The van der Waals surface area contributed by atoms with Crippen LogP contribution in [0, 0.1) is 12.7 Å². The van der Waals surface area contributed by atoms with Crippen molar-refractivity contribution in [1.29, 1.82) is 0 Å². The van der Waals surface area contributed by atoms with Gasteiger partial charge in [0.2, 0.25) is 5.91 Å². The van der Waals surface area contributed by atoms with Crippen LogP contribution in [0.25, 0.3) is 16.7 Å². The predicted octanol–water partition coefficient (Wildman–Crippen LogP) is 4.67. The van der Waals surface area contributed by atoms with Crippen molar-refractivity contribution in [3.63, 3.8) is 0 Å². The van der Waals surface area contributed by atoms with E-state index in [-0.39, 0.29) is 23.6 Å². The molecular formula is C23H24FN5O. The molecule has 0 unspecified atom stereocenters. The molecule has 0 aliphatic carbocycles. The van der Waals surface area contributed by atoms with Crippen molar-refractivity contribution in [1.82, 2.24) is 19.7 Å². The lowest BCUT2D eigenvalue weighted by molar-refractivity contribution is -0.115. The van der Waals surface area contributed by atoms with Crippen LogP contribution in [0.1, 0.15) is 37.7 Å². The minimum atomic E-state index is -0.328. The molecule has 2 N–H and O–H groups in total. The Hall–Kier alpha value is -3.48. The smallest absolute Gasteiger partial charge is 0.230 e. The van der Waals surface area contributed by atoms with E-state index in [1.54, 1.807) is 16.9 Å². The number of aromatic amines is 1. The molecule has 0 atom stereocenters. The van der Waals surface area contributed by atoms with Gasteiger partial charge in [0.1, 0.15) is 11.6 Å². The summed E-state index contributed by atoms with van der Waals surface area (Å²) in [6, 6.07) is 11.9. The summed E-state index contributed by atoms with van der Waals surface area (Å²) in [5.41, 5.74) is 3.09. The number of rotatable bonds is 4. The van der Waals surface area contributed by atoms with Gasteiger partial charge in [0.15, 0.2) is 5.82 Å². The Kier molecular flexibility index (Phi) is 4.89. The van der Waals surface area contributed by atoms with Crippen molar-refractivity contribution < 1.29 is 9.18 Å². The average molecular weight is 405 g/mol. The minimum Gasteiger partial charge on any atom is -0.358 e. The second kappa shape index (κ2) is 7.40. The summed E-state index contributed by atoms with van der Waals surface area (Å²) in [6.07, 6.45) is 1.80. The summed E-state index contributed by atoms with van der Waals surface area (Å²) >= 11 is 0. The Bertz CT molecular complexity index is 1220. The third kappa shape index (κ3) is 3.83. The van der Waals surface area contributed by atoms with Gasteiger partial charge in [-0.1, -0.05) is 26.8 Å². The second-order valence-electron chi connectivity index (χ2n) is 8.41. The Labute approximate surface area is 174 Å². The van der Waals surface area contributed by atoms with E-state index < -0.39 is 0 Å². The van der Waals surface area contributed by atoms with Crippen molar-refractivity contribution in [2.45, 2.75) is 39.5 Å².